The van der Waals surface area contributed by atoms with Gasteiger partial charge in [0.2, 0.25) is 70.9 Å². The lowest BCUT2D eigenvalue weighted by atomic mass is 10.3. The van der Waals surface area contributed by atoms with Crippen LogP contribution in [0.4, 0.5) is 0 Å². The Bertz CT molecular complexity index is 1560. The molecule has 30 heteroatoms. The first-order chi connectivity index (χ1) is 27.8. The van der Waals surface area contributed by atoms with E-state index < -0.39 is 174 Å². The summed E-state index contributed by atoms with van der Waals surface area (Å²) in [5.41, 5.74) is 5.08. The summed E-state index contributed by atoms with van der Waals surface area (Å²) in [5, 5.41) is 61.5. The summed E-state index contributed by atoms with van der Waals surface area (Å²) in [6, 6.07) is -4.64. The second-order valence-corrected chi connectivity index (χ2v) is 11.3. The minimum atomic E-state index is -1.59. The number of amides is 12. The maximum Gasteiger partial charge on any atom is 0.328 e. The number of carboxylic acids is 1. The Balaban J connectivity index is 4.35. The number of hydrogen-bond donors (Lipinski definition) is 17. The molecular formula is C29H47N13O17. The van der Waals surface area contributed by atoms with E-state index in [0.29, 0.717) is 0 Å². The molecule has 0 aromatic heterocycles. The Labute approximate surface area is 332 Å². The van der Waals surface area contributed by atoms with Gasteiger partial charge < -0.3 is 90.0 Å². The van der Waals surface area contributed by atoms with Gasteiger partial charge in [-0.15, -0.1) is 0 Å². The van der Waals surface area contributed by atoms with Crippen molar-refractivity contribution in [1.29, 1.82) is 0 Å². The molecule has 18 N–H and O–H groups in total. The molecule has 0 unspecified atom stereocenters. The number of carbonyl (C=O) groups excluding carboxylic acids is 12. The van der Waals surface area contributed by atoms with Crippen LogP contribution < -0.4 is 69.5 Å². The van der Waals surface area contributed by atoms with Crippen molar-refractivity contribution in [3.63, 3.8) is 0 Å². The summed E-state index contributed by atoms with van der Waals surface area (Å²) in [4.78, 5) is 153. The Morgan fingerprint density at radius 2 is 0.559 bits per heavy atom. The van der Waals surface area contributed by atoms with Gasteiger partial charge >= 0.3 is 5.97 Å². The molecule has 12 amide bonds. The van der Waals surface area contributed by atoms with Gasteiger partial charge in [-0.1, -0.05) is 0 Å². The van der Waals surface area contributed by atoms with Crippen LogP contribution >= 0.6 is 0 Å². The van der Waals surface area contributed by atoms with E-state index in [4.69, 9.17) is 15.9 Å². The zero-order valence-corrected chi connectivity index (χ0v) is 31.1. The van der Waals surface area contributed by atoms with Crippen molar-refractivity contribution in [3.8, 4) is 0 Å². The first-order valence-corrected chi connectivity index (χ1v) is 16.9. The van der Waals surface area contributed by atoms with Crippen LogP contribution in [0, 0.1) is 0 Å². The lowest BCUT2D eigenvalue weighted by molar-refractivity contribution is -0.142. The molecule has 0 aliphatic carbocycles. The summed E-state index contributed by atoms with van der Waals surface area (Å²) in [6.07, 6.45) is 0. The Morgan fingerprint density at radius 1 is 0.339 bits per heavy atom. The molecule has 0 aliphatic heterocycles. The average molecular weight is 850 g/mol. The second-order valence-electron chi connectivity index (χ2n) is 11.3. The number of carboxylic acid groups (broad SMARTS) is 1. The molecule has 0 heterocycles. The van der Waals surface area contributed by atoms with Crippen molar-refractivity contribution < 1.29 is 82.8 Å². The SMILES string of the molecule is NCC(=O)NCC(=O)N[C@@H](CO)C(=O)NCC(=O)NCC(=O)NCC(=O)NCC(=O)N[C@@H](CO)C(=O)NCC(=O)NCC(=O)NCC(=O)NCC(=O)N[C@@H](CO)C(=O)O. The Morgan fingerprint density at radius 3 is 0.797 bits per heavy atom. The standard InChI is InChI=1S/C29H47N13O17/c30-1-17(46)31-8-24(53)40-14(11-43)27(56)38-6-22(51)34-2-18(47)32-4-20(49)36-9-25(54)41-15(12-44)28(57)39-7-23(52)35-3-19(48)33-5-21(50)37-10-26(55)42-16(13-45)29(58)59/h14-16,43-45H,1-13,30H2,(H,31,46)(H,32,47)(H,33,48)(H,34,51)(H,35,52)(H,36,49)(H,37,50)(H,38,56)(H,39,57)(H,40,53)(H,41,54)(H,42,55)(H,58,59)/t14-,15-,16-/m0/s1. The minimum absolute atomic E-state index is 0.380. The van der Waals surface area contributed by atoms with Gasteiger partial charge in [-0.3, -0.25) is 57.5 Å². The molecule has 3 atom stereocenters. The van der Waals surface area contributed by atoms with Crippen LogP contribution in [-0.4, -0.2) is 201 Å². The maximum absolute atomic E-state index is 12.3. The molecule has 0 spiro atoms. The number of aliphatic carboxylic acids is 1. The monoisotopic (exact) mass is 849 g/mol. The lowest BCUT2D eigenvalue weighted by Gasteiger charge is -2.16. The summed E-state index contributed by atoms with van der Waals surface area (Å²) >= 11 is 0. The van der Waals surface area contributed by atoms with E-state index in [2.05, 4.69) is 58.5 Å². The molecule has 59 heavy (non-hydrogen) atoms. The molecule has 0 saturated heterocycles. The number of carbonyl (C=O) groups is 13. The van der Waals surface area contributed by atoms with E-state index in [0.717, 1.165) is 0 Å². The Kier molecular flexibility index (Phi) is 25.7. The molecule has 30 nitrogen and oxygen atoms in total. The van der Waals surface area contributed by atoms with E-state index in [-0.39, 0.29) is 6.54 Å². The lowest BCUT2D eigenvalue weighted by Crippen LogP contribution is -2.53. The highest BCUT2D eigenvalue weighted by atomic mass is 16.4. The number of hydrogen-bond acceptors (Lipinski definition) is 17. The summed E-state index contributed by atoms with van der Waals surface area (Å²) in [6.45, 7) is -9.02. The van der Waals surface area contributed by atoms with Gasteiger partial charge in [0.15, 0.2) is 0 Å². The molecule has 0 bridgehead atoms. The highest BCUT2D eigenvalue weighted by Gasteiger charge is 2.23. The van der Waals surface area contributed by atoms with Crippen molar-refractivity contribution >= 4 is 76.9 Å². The second kappa shape index (κ2) is 29.2. The van der Waals surface area contributed by atoms with Crippen molar-refractivity contribution in [2.45, 2.75) is 18.1 Å². The topological polar surface area (TPSA) is 473 Å². The molecule has 330 valence electrons. The molecule has 0 fully saturated rings. The molecule has 0 radical (unpaired) electrons. The fourth-order valence-corrected chi connectivity index (χ4v) is 3.59. The number of nitrogens with one attached hydrogen (secondary N) is 12. The fraction of sp³-hybridized carbons (Fsp3) is 0.552. The van der Waals surface area contributed by atoms with Gasteiger partial charge in [0, 0.05) is 0 Å². The van der Waals surface area contributed by atoms with Crippen molar-refractivity contribution in [1.82, 2.24) is 63.8 Å². The van der Waals surface area contributed by atoms with E-state index in [1.807, 2.05) is 5.32 Å². The van der Waals surface area contributed by atoms with Gasteiger partial charge in [0.05, 0.1) is 85.3 Å². The van der Waals surface area contributed by atoms with E-state index >= 15 is 0 Å². The molecule has 0 aromatic rings. The molecule has 0 aliphatic rings. The van der Waals surface area contributed by atoms with E-state index in [1.165, 1.54) is 0 Å². The van der Waals surface area contributed by atoms with Gasteiger partial charge in [0.25, 0.3) is 0 Å². The van der Waals surface area contributed by atoms with Crippen LogP contribution in [0.15, 0.2) is 0 Å². The molecular weight excluding hydrogens is 802 g/mol. The summed E-state index contributed by atoms with van der Waals surface area (Å²) < 4.78 is 0. The van der Waals surface area contributed by atoms with Gasteiger partial charge in [-0.05, 0) is 0 Å². The first-order valence-electron chi connectivity index (χ1n) is 16.9. The van der Waals surface area contributed by atoms with Gasteiger partial charge in [0.1, 0.15) is 18.1 Å². The van der Waals surface area contributed by atoms with Crippen molar-refractivity contribution in [3.05, 3.63) is 0 Å². The third kappa shape index (κ3) is 25.0. The van der Waals surface area contributed by atoms with Crippen LogP contribution in [0.1, 0.15) is 0 Å². The number of aliphatic hydroxyl groups is 3. The van der Waals surface area contributed by atoms with Crippen LogP contribution in [0.25, 0.3) is 0 Å². The fourth-order valence-electron chi connectivity index (χ4n) is 3.59. The number of aliphatic hydroxyl groups excluding tert-OH is 3. The van der Waals surface area contributed by atoms with E-state index in [1.54, 1.807) is 0 Å². The predicted molar refractivity (Wildman–Crippen MR) is 191 cm³/mol. The summed E-state index contributed by atoms with van der Waals surface area (Å²) in [5.74, 6) is -12.2. The van der Waals surface area contributed by atoms with Crippen molar-refractivity contribution in [2.75, 3.05) is 85.3 Å². The zero-order valence-electron chi connectivity index (χ0n) is 31.1. The molecule has 0 rings (SSSR count). The number of rotatable bonds is 28. The predicted octanol–water partition coefficient (Wildman–Crippen LogP) is -13.5. The zero-order chi connectivity index (χ0) is 44.9. The third-order valence-corrected chi connectivity index (χ3v) is 6.64. The Hall–Kier alpha value is -7.05. The highest BCUT2D eigenvalue weighted by Crippen LogP contribution is 1.86. The quantitative estimate of drug-likeness (QED) is 0.0347. The normalized spacial score (nSPS) is 11.7. The van der Waals surface area contributed by atoms with E-state index in [9.17, 15) is 72.5 Å². The van der Waals surface area contributed by atoms with Gasteiger partial charge in [-0.2, -0.15) is 0 Å². The van der Waals surface area contributed by atoms with Crippen LogP contribution in [0.2, 0.25) is 0 Å². The van der Waals surface area contributed by atoms with Crippen molar-refractivity contribution in [2.24, 2.45) is 5.73 Å². The average Bonchev–Trinajstić information content (AvgIpc) is 3.21. The highest BCUT2D eigenvalue weighted by molar-refractivity contribution is 5.95. The number of nitrogens with two attached hydrogens (primary N) is 1. The molecule has 0 aromatic carbocycles. The van der Waals surface area contributed by atoms with Crippen LogP contribution in [-0.2, 0) is 62.3 Å². The van der Waals surface area contributed by atoms with Crippen LogP contribution in [0.3, 0.4) is 0 Å². The molecule has 0 saturated carbocycles. The summed E-state index contributed by atoms with van der Waals surface area (Å²) in [7, 11) is 0. The van der Waals surface area contributed by atoms with Gasteiger partial charge in [-0.25, -0.2) is 4.79 Å². The maximum atomic E-state index is 12.3. The smallest absolute Gasteiger partial charge is 0.328 e. The third-order valence-electron chi connectivity index (χ3n) is 6.64. The minimum Gasteiger partial charge on any atom is -0.480 e. The van der Waals surface area contributed by atoms with Crippen LogP contribution in [0.5, 0.6) is 0 Å². The first kappa shape index (κ1) is 51.9. The largest absolute Gasteiger partial charge is 0.480 e.